The highest BCUT2D eigenvalue weighted by Gasteiger charge is 2.12. The van der Waals surface area contributed by atoms with Gasteiger partial charge in [0.25, 0.3) is 0 Å². The smallest absolute Gasteiger partial charge is 0.192 e. The monoisotopic (exact) mass is 365 g/mol. The van der Waals surface area contributed by atoms with Crippen LogP contribution in [0.15, 0.2) is 97.1 Å². The van der Waals surface area contributed by atoms with Gasteiger partial charge in [-0.15, -0.1) is 0 Å². The molecule has 5 aromatic rings. The van der Waals surface area contributed by atoms with Gasteiger partial charge in [-0.05, 0) is 53.6 Å². The Kier molecular flexibility index (Phi) is 3.85. The lowest BCUT2D eigenvalue weighted by Crippen LogP contribution is -1.93. The predicted molar refractivity (Wildman–Crippen MR) is 113 cm³/mol. The fourth-order valence-electron chi connectivity index (χ4n) is 3.72. The summed E-state index contributed by atoms with van der Waals surface area (Å²) in [5.74, 6) is 0. The van der Waals surface area contributed by atoms with Gasteiger partial charge in [0.05, 0.1) is 11.0 Å². The average molecular weight is 365 g/mol. The van der Waals surface area contributed by atoms with Crippen molar-refractivity contribution in [1.29, 1.82) is 0 Å². The Morgan fingerprint density at radius 1 is 0.593 bits per heavy atom. The Labute approximate surface area is 158 Å². The number of rotatable bonds is 3. The van der Waals surface area contributed by atoms with Gasteiger partial charge in [-0.1, -0.05) is 54.6 Å². The lowest BCUT2D eigenvalue weighted by molar-refractivity contribution is 0.603. The molecule has 5 rings (SSSR count). The molecule has 27 heavy (non-hydrogen) atoms. The van der Waals surface area contributed by atoms with Crippen LogP contribution in [0, 0.1) is 0 Å². The molecule has 0 fully saturated rings. The van der Waals surface area contributed by atoms with E-state index in [1.54, 1.807) is 0 Å². The van der Waals surface area contributed by atoms with E-state index in [2.05, 4.69) is 71.3 Å². The molecule has 0 saturated carbocycles. The van der Waals surface area contributed by atoms with Crippen molar-refractivity contribution in [3.8, 4) is 16.8 Å². The fourth-order valence-corrected chi connectivity index (χ4v) is 3.99. The highest BCUT2D eigenvalue weighted by molar-refractivity contribution is 7.34. The summed E-state index contributed by atoms with van der Waals surface area (Å²) in [6.45, 7) is 0. The van der Waals surface area contributed by atoms with Crippen molar-refractivity contribution in [2.45, 2.75) is 0 Å². The zero-order chi connectivity index (χ0) is 18.2. The standard InChI is InChI=1S/C24H16NOP/c26-27-20-13-10-17(11-14-20)18-12-15-24-22(16-18)21-8-4-5-9-23(21)25(24)19-6-2-1-3-7-19/h1-16H. The first-order valence-electron chi connectivity index (χ1n) is 8.87. The molecule has 1 heterocycles. The molecule has 3 heteroatoms. The van der Waals surface area contributed by atoms with Crippen LogP contribution in [0.3, 0.4) is 0 Å². The van der Waals surface area contributed by atoms with Gasteiger partial charge in [0.2, 0.25) is 0 Å². The van der Waals surface area contributed by atoms with Crippen LogP contribution in [-0.4, -0.2) is 4.57 Å². The summed E-state index contributed by atoms with van der Waals surface area (Å²) >= 11 is 0. The van der Waals surface area contributed by atoms with E-state index in [1.165, 1.54) is 21.8 Å². The maximum Gasteiger partial charge on any atom is 0.192 e. The topological polar surface area (TPSA) is 22.0 Å². The molecule has 0 aliphatic carbocycles. The molecule has 0 saturated heterocycles. The minimum atomic E-state index is 0.0571. The van der Waals surface area contributed by atoms with E-state index in [0.29, 0.717) is 0 Å². The van der Waals surface area contributed by atoms with Gasteiger partial charge in [0.15, 0.2) is 8.46 Å². The summed E-state index contributed by atoms with van der Waals surface area (Å²) in [5.41, 5.74) is 5.85. The molecule has 0 unspecified atom stereocenters. The van der Waals surface area contributed by atoms with Crippen LogP contribution < -0.4 is 5.30 Å². The van der Waals surface area contributed by atoms with Crippen molar-refractivity contribution in [3.63, 3.8) is 0 Å². The van der Waals surface area contributed by atoms with Crippen LogP contribution in [0.1, 0.15) is 0 Å². The van der Waals surface area contributed by atoms with Gasteiger partial charge in [-0.25, -0.2) is 0 Å². The van der Waals surface area contributed by atoms with Crippen molar-refractivity contribution < 1.29 is 4.57 Å². The number of fused-ring (bicyclic) bond motifs is 3. The Morgan fingerprint density at radius 2 is 1.26 bits per heavy atom. The number of benzene rings is 4. The Hall–Kier alpha value is -3.22. The van der Waals surface area contributed by atoms with Crippen LogP contribution in [-0.2, 0) is 4.57 Å². The van der Waals surface area contributed by atoms with Gasteiger partial charge >= 0.3 is 0 Å². The molecule has 128 valence electrons. The van der Waals surface area contributed by atoms with E-state index in [0.717, 1.165) is 22.1 Å². The average Bonchev–Trinajstić information content (AvgIpc) is 3.08. The number of para-hydroxylation sites is 2. The maximum atomic E-state index is 11.0. The third-order valence-electron chi connectivity index (χ3n) is 4.99. The van der Waals surface area contributed by atoms with E-state index >= 15 is 0 Å². The minimum Gasteiger partial charge on any atom is -0.309 e. The van der Waals surface area contributed by atoms with Crippen LogP contribution in [0.5, 0.6) is 0 Å². The molecule has 0 aliphatic heterocycles. The van der Waals surface area contributed by atoms with Crippen LogP contribution in [0.2, 0.25) is 0 Å². The van der Waals surface area contributed by atoms with Crippen LogP contribution >= 0.6 is 8.46 Å². The zero-order valence-electron chi connectivity index (χ0n) is 14.5. The summed E-state index contributed by atoms with van der Waals surface area (Å²) in [7, 11) is 0.0571. The van der Waals surface area contributed by atoms with Crippen molar-refractivity contribution in [1.82, 2.24) is 4.57 Å². The number of nitrogens with zero attached hydrogens (tertiary/aromatic N) is 1. The van der Waals surface area contributed by atoms with Gasteiger partial charge in [-0.3, -0.25) is 4.57 Å². The first-order chi connectivity index (χ1) is 13.3. The molecular weight excluding hydrogens is 349 g/mol. The third-order valence-corrected chi connectivity index (χ3v) is 5.50. The quantitative estimate of drug-likeness (QED) is 0.341. The fraction of sp³-hybridized carbons (Fsp3) is 0. The van der Waals surface area contributed by atoms with Crippen LogP contribution in [0.4, 0.5) is 0 Å². The summed E-state index contributed by atoms with van der Waals surface area (Å²) in [5, 5.41) is 3.27. The predicted octanol–water partition coefficient (Wildman–Crippen LogP) is 6.37. The van der Waals surface area contributed by atoms with Gasteiger partial charge < -0.3 is 4.57 Å². The first kappa shape index (κ1) is 16.0. The molecule has 0 N–H and O–H groups in total. The molecule has 0 bridgehead atoms. The molecule has 0 aliphatic rings. The molecule has 0 radical (unpaired) electrons. The third kappa shape index (κ3) is 2.66. The van der Waals surface area contributed by atoms with E-state index in [4.69, 9.17) is 0 Å². The molecular formula is C24H16NOP. The Bertz CT molecular complexity index is 1270. The Balaban J connectivity index is 1.78. The van der Waals surface area contributed by atoms with E-state index in [9.17, 15) is 4.57 Å². The molecule has 4 aromatic carbocycles. The van der Waals surface area contributed by atoms with Crippen molar-refractivity contribution in [3.05, 3.63) is 97.1 Å². The van der Waals surface area contributed by atoms with Crippen molar-refractivity contribution in [2.24, 2.45) is 0 Å². The van der Waals surface area contributed by atoms with Crippen molar-refractivity contribution >= 4 is 35.6 Å². The second-order valence-corrected chi connectivity index (χ2v) is 7.26. The lowest BCUT2D eigenvalue weighted by atomic mass is 10.0. The normalized spacial score (nSPS) is 11.4. The SMILES string of the molecule is O=Pc1ccc(-c2ccc3c(c2)c2ccccc2n3-c2ccccc2)cc1. The highest BCUT2D eigenvalue weighted by Crippen LogP contribution is 2.34. The van der Waals surface area contributed by atoms with E-state index < -0.39 is 0 Å². The minimum absolute atomic E-state index is 0.0571. The van der Waals surface area contributed by atoms with Crippen LogP contribution in [0.25, 0.3) is 38.6 Å². The number of hydrogen-bond acceptors (Lipinski definition) is 1. The van der Waals surface area contributed by atoms with E-state index in [-0.39, 0.29) is 8.46 Å². The molecule has 0 spiro atoms. The Morgan fingerprint density at radius 3 is 2.04 bits per heavy atom. The number of hydrogen-bond donors (Lipinski definition) is 0. The molecule has 0 amide bonds. The van der Waals surface area contributed by atoms with Gasteiger partial charge in [-0.2, -0.15) is 0 Å². The summed E-state index contributed by atoms with van der Waals surface area (Å²) in [6, 6.07) is 33.4. The van der Waals surface area contributed by atoms with Gasteiger partial charge in [0.1, 0.15) is 0 Å². The maximum absolute atomic E-state index is 11.0. The zero-order valence-corrected chi connectivity index (χ0v) is 15.4. The highest BCUT2D eigenvalue weighted by atomic mass is 31.1. The van der Waals surface area contributed by atoms with E-state index in [1.807, 2.05) is 30.3 Å². The summed E-state index contributed by atoms with van der Waals surface area (Å²) < 4.78 is 13.3. The molecule has 2 nitrogen and oxygen atoms in total. The van der Waals surface area contributed by atoms with Crippen molar-refractivity contribution in [2.75, 3.05) is 0 Å². The first-order valence-corrected chi connectivity index (χ1v) is 9.69. The van der Waals surface area contributed by atoms with Gasteiger partial charge in [0, 0.05) is 21.8 Å². The lowest BCUT2D eigenvalue weighted by Gasteiger charge is -2.08. The largest absolute Gasteiger partial charge is 0.309 e. The second kappa shape index (κ2) is 6.50. The summed E-state index contributed by atoms with van der Waals surface area (Å²) in [4.78, 5) is 0. The second-order valence-electron chi connectivity index (χ2n) is 6.56. The summed E-state index contributed by atoms with van der Waals surface area (Å²) in [6.07, 6.45) is 0. The molecule has 0 atom stereocenters. The number of aromatic nitrogens is 1. The molecule has 1 aromatic heterocycles.